The Hall–Kier alpha value is -0.390. The predicted molar refractivity (Wildman–Crippen MR) is 47.8 cm³/mol. The molecule has 0 aliphatic carbocycles. The summed E-state index contributed by atoms with van der Waals surface area (Å²) in [4.78, 5) is 2.04. The van der Waals surface area contributed by atoms with E-state index in [1.807, 2.05) is 4.90 Å². The van der Waals surface area contributed by atoms with E-state index >= 15 is 0 Å². The monoisotopic (exact) mass is 188 g/mol. The van der Waals surface area contributed by atoms with Crippen molar-refractivity contribution in [3.63, 3.8) is 0 Å². The second-order valence-corrected chi connectivity index (χ2v) is 3.55. The number of hydrogen-bond acceptors (Lipinski definition) is 3. The molecule has 2 fully saturated rings. The first-order chi connectivity index (χ1) is 5.79. The van der Waals surface area contributed by atoms with Gasteiger partial charge in [-0.25, -0.2) is 0 Å². The van der Waals surface area contributed by atoms with E-state index in [4.69, 9.17) is 27.4 Å². The third-order valence-electron chi connectivity index (χ3n) is 2.28. The van der Waals surface area contributed by atoms with Crippen LogP contribution < -0.4 is 5.73 Å². The molecule has 0 saturated carbocycles. The van der Waals surface area contributed by atoms with Crippen LogP contribution in [0.5, 0.6) is 0 Å². The Kier molecular flexibility index (Phi) is 2.16. The van der Waals surface area contributed by atoms with E-state index in [-0.39, 0.29) is 12.1 Å². The van der Waals surface area contributed by atoms with Gasteiger partial charge in [-0.15, -0.1) is 0 Å². The number of hydrogen-bond donors (Lipinski definition) is 1. The molecule has 2 aliphatic heterocycles. The third kappa shape index (κ3) is 1.28. The minimum absolute atomic E-state index is 0.231. The van der Waals surface area contributed by atoms with E-state index in [9.17, 15) is 0 Å². The topological polar surface area (TPSA) is 47.7 Å². The summed E-state index contributed by atoms with van der Waals surface area (Å²) in [5.74, 6) is 0. The van der Waals surface area contributed by atoms with Gasteiger partial charge >= 0.3 is 0 Å². The number of thiocarbonyl (C=S) groups is 1. The summed E-state index contributed by atoms with van der Waals surface area (Å²) in [5, 5.41) is 0.469. The fourth-order valence-corrected chi connectivity index (χ4v) is 2.05. The van der Waals surface area contributed by atoms with Crippen LogP contribution >= 0.6 is 12.2 Å². The molecule has 4 nitrogen and oxygen atoms in total. The van der Waals surface area contributed by atoms with Crippen LogP contribution in [-0.2, 0) is 9.47 Å². The smallest absolute Gasteiger partial charge is 0.167 e. The zero-order valence-corrected chi connectivity index (χ0v) is 7.55. The highest BCUT2D eigenvalue weighted by Gasteiger charge is 2.35. The summed E-state index contributed by atoms with van der Waals surface area (Å²) >= 11 is 4.96. The summed E-state index contributed by atoms with van der Waals surface area (Å²) in [7, 11) is 0. The summed E-state index contributed by atoms with van der Waals surface area (Å²) < 4.78 is 10.8. The zero-order valence-electron chi connectivity index (χ0n) is 6.73. The molecule has 0 radical (unpaired) electrons. The lowest BCUT2D eigenvalue weighted by molar-refractivity contribution is -0.108. The van der Waals surface area contributed by atoms with E-state index in [0.29, 0.717) is 31.5 Å². The lowest BCUT2D eigenvalue weighted by Crippen LogP contribution is -2.62. The number of ether oxygens (including phenoxy) is 2. The van der Waals surface area contributed by atoms with Crippen molar-refractivity contribution >= 4 is 17.3 Å². The van der Waals surface area contributed by atoms with E-state index in [0.717, 1.165) is 0 Å². The molecule has 0 aromatic carbocycles. The van der Waals surface area contributed by atoms with Crippen molar-refractivity contribution in [2.75, 3.05) is 26.4 Å². The quantitative estimate of drug-likeness (QED) is 0.511. The van der Waals surface area contributed by atoms with Crippen molar-refractivity contribution < 1.29 is 9.47 Å². The van der Waals surface area contributed by atoms with Gasteiger partial charge in [0, 0.05) is 0 Å². The molecule has 2 bridgehead atoms. The van der Waals surface area contributed by atoms with Gasteiger partial charge < -0.3 is 20.1 Å². The van der Waals surface area contributed by atoms with Gasteiger partial charge in [0.2, 0.25) is 0 Å². The highest BCUT2D eigenvalue weighted by atomic mass is 32.1. The predicted octanol–water partition coefficient (Wildman–Crippen LogP) is -0.670. The molecule has 2 heterocycles. The summed E-state index contributed by atoms with van der Waals surface area (Å²) in [6, 6.07) is 0.463. The number of fused-ring (bicyclic) bond motifs is 2. The van der Waals surface area contributed by atoms with Crippen molar-refractivity contribution in [2.45, 2.75) is 12.1 Å². The Morgan fingerprint density at radius 1 is 1.17 bits per heavy atom. The molecule has 0 spiro atoms. The molecule has 2 rings (SSSR count). The van der Waals surface area contributed by atoms with Crippen molar-refractivity contribution in [1.29, 1.82) is 0 Å². The molecule has 2 aliphatic rings. The highest BCUT2D eigenvalue weighted by molar-refractivity contribution is 7.80. The normalized spacial score (nSPS) is 34.8. The number of nitrogens with two attached hydrogens (primary N) is 1. The fourth-order valence-electron chi connectivity index (χ4n) is 1.76. The first kappa shape index (κ1) is 8.22. The van der Waals surface area contributed by atoms with Gasteiger partial charge in [-0.05, 0) is 12.2 Å². The maximum Gasteiger partial charge on any atom is 0.167 e. The third-order valence-corrected chi connectivity index (χ3v) is 2.49. The van der Waals surface area contributed by atoms with Gasteiger partial charge in [-0.1, -0.05) is 0 Å². The van der Waals surface area contributed by atoms with Crippen LogP contribution in [0.25, 0.3) is 0 Å². The highest BCUT2D eigenvalue weighted by Crippen LogP contribution is 2.18. The van der Waals surface area contributed by atoms with Crippen molar-refractivity contribution in [3.8, 4) is 0 Å². The van der Waals surface area contributed by atoms with E-state index in [2.05, 4.69) is 0 Å². The Morgan fingerprint density at radius 3 is 1.83 bits per heavy atom. The van der Waals surface area contributed by atoms with Crippen LogP contribution in [0, 0.1) is 0 Å². The van der Waals surface area contributed by atoms with Crippen LogP contribution in [0.2, 0.25) is 0 Å². The van der Waals surface area contributed by atoms with Crippen LogP contribution in [0.3, 0.4) is 0 Å². The van der Waals surface area contributed by atoms with Gasteiger partial charge in [-0.3, -0.25) is 0 Å². The van der Waals surface area contributed by atoms with E-state index in [1.54, 1.807) is 0 Å². The SMILES string of the molecule is NC(=S)N1C2COCC1COC2. The molecular formula is C7H12N2O2S. The number of rotatable bonds is 0. The minimum atomic E-state index is 0.231. The largest absolute Gasteiger partial charge is 0.377 e. The average Bonchev–Trinajstić information content (AvgIpc) is 2.02. The van der Waals surface area contributed by atoms with Crippen LogP contribution in [-0.4, -0.2) is 48.5 Å². The first-order valence-corrected chi connectivity index (χ1v) is 4.43. The molecule has 0 amide bonds. The van der Waals surface area contributed by atoms with Crippen LogP contribution in [0.15, 0.2) is 0 Å². The van der Waals surface area contributed by atoms with Gasteiger partial charge in [0.1, 0.15) is 0 Å². The first-order valence-electron chi connectivity index (χ1n) is 4.02. The standard InChI is InChI=1S/C7H12N2O2S/c8-7(12)9-5-1-10-3-6(9)4-11-2-5/h5-6H,1-4H2,(H2,8,12). The molecule has 0 unspecified atom stereocenters. The maximum atomic E-state index is 5.60. The van der Waals surface area contributed by atoms with Gasteiger partial charge in [0.05, 0.1) is 38.5 Å². The zero-order chi connectivity index (χ0) is 8.55. The lowest BCUT2D eigenvalue weighted by Gasteiger charge is -2.45. The van der Waals surface area contributed by atoms with Crippen molar-refractivity contribution in [3.05, 3.63) is 0 Å². The Bertz CT molecular complexity index is 178. The van der Waals surface area contributed by atoms with Crippen LogP contribution in [0.4, 0.5) is 0 Å². The molecule has 0 atom stereocenters. The molecule has 68 valence electrons. The van der Waals surface area contributed by atoms with E-state index < -0.39 is 0 Å². The van der Waals surface area contributed by atoms with Gasteiger partial charge in [-0.2, -0.15) is 0 Å². The summed E-state index contributed by atoms with van der Waals surface area (Å²) in [6.45, 7) is 2.70. The summed E-state index contributed by atoms with van der Waals surface area (Å²) in [6.07, 6.45) is 0. The second kappa shape index (κ2) is 3.16. The number of nitrogens with zero attached hydrogens (tertiary/aromatic N) is 1. The Morgan fingerprint density at radius 2 is 1.58 bits per heavy atom. The second-order valence-electron chi connectivity index (χ2n) is 3.13. The Labute approximate surface area is 76.6 Å². The molecule has 12 heavy (non-hydrogen) atoms. The summed E-state index contributed by atoms with van der Waals surface area (Å²) in [5.41, 5.74) is 5.60. The molecule has 0 aromatic heterocycles. The lowest BCUT2D eigenvalue weighted by atomic mass is 10.1. The van der Waals surface area contributed by atoms with Crippen LogP contribution in [0.1, 0.15) is 0 Å². The molecule has 5 heteroatoms. The molecular weight excluding hydrogens is 176 g/mol. The fraction of sp³-hybridized carbons (Fsp3) is 0.857. The van der Waals surface area contributed by atoms with E-state index in [1.165, 1.54) is 0 Å². The van der Waals surface area contributed by atoms with Gasteiger partial charge in [0.15, 0.2) is 5.11 Å². The molecule has 0 aromatic rings. The average molecular weight is 188 g/mol. The Balaban J connectivity index is 2.13. The molecule has 2 saturated heterocycles. The number of morpholine rings is 2. The minimum Gasteiger partial charge on any atom is -0.377 e. The maximum absolute atomic E-state index is 5.60. The van der Waals surface area contributed by atoms with Crippen molar-refractivity contribution in [1.82, 2.24) is 4.90 Å². The van der Waals surface area contributed by atoms with Crippen molar-refractivity contribution in [2.24, 2.45) is 5.73 Å². The molecule has 2 N–H and O–H groups in total. The van der Waals surface area contributed by atoms with Gasteiger partial charge in [0.25, 0.3) is 0 Å².